The van der Waals surface area contributed by atoms with E-state index in [1.54, 1.807) is 5.57 Å². The molecule has 0 aromatic rings. The van der Waals surface area contributed by atoms with E-state index < -0.39 is 0 Å². The summed E-state index contributed by atoms with van der Waals surface area (Å²) in [5.74, 6) is 0. The molecule has 1 aliphatic rings. The standard InChI is InChI=1S/C9H14N2/c10-6-8-11-7-5-9-3-1-2-4-9/h3,11H,1-2,4-5,7-8H2. The Bertz CT molecular complexity index is 176. The molecule has 1 rings (SSSR count). The van der Waals surface area contributed by atoms with Crippen molar-refractivity contribution in [1.82, 2.24) is 5.32 Å². The number of allylic oxidation sites excluding steroid dienone is 1. The van der Waals surface area contributed by atoms with Crippen LogP contribution in [-0.2, 0) is 0 Å². The zero-order valence-electron chi connectivity index (χ0n) is 6.77. The van der Waals surface area contributed by atoms with Gasteiger partial charge < -0.3 is 5.32 Å². The van der Waals surface area contributed by atoms with Crippen molar-refractivity contribution in [2.75, 3.05) is 13.1 Å². The predicted molar refractivity (Wildman–Crippen MR) is 45.0 cm³/mol. The molecule has 0 bridgehead atoms. The number of nitrogens with one attached hydrogen (secondary N) is 1. The van der Waals surface area contributed by atoms with E-state index in [0.717, 1.165) is 13.0 Å². The lowest BCUT2D eigenvalue weighted by Crippen LogP contribution is -2.15. The first-order valence-corrected chi connectivity index (χ1v) is 4.19. The smallest absolute Gasteiger partial charge is 0.0841 e. The van der Waals surface area contributed by atoms with Crippen molar-refractivity contribution >= 4 is 0 Å². The van der Waals surface area contributed by atoms with E-state index in [2.05, 4.69) is 17.5 Å². The minimum Gasteiger partial charge on any atom is -0.304 e. The van der Waals surface area contributed by atoms with Gasteiger partial charge in [0, 0.05) is 0 Å². The third-order valence-corrected chi connectivity index (χ3v) is 1.96. The Morgan fingerprint density at radius 2 is 2.55 bits per heavy atom. The molecule has 0 saturated carbocycles. The summed E-state index contributed by atoms with van der Waals surface area (Å²) in [5.41, 5.74) is 1.57. The molecule has 0 spiro atoms. The van der Waals surface area contributed by atoms with Gasteiger partial charge in [-0.2, -0.15) is 5.26 Å². The van der Waals surface area contributed by atoms with Crippen LogP contribution in [0.5, 0.6) is 0 Å². The van der Waals surface area contributed by atoms with Crippen molar-refractivity contribution in [1.29, 1.82) is 5.26 Å². The first kappa shape index (κ1) is 8.29. The van der Waals surface area contributed by atoms with Crippen LogP contribution in [0.25, 0.3) is 0 Å². The predicted octanol–water partition coefficient (Wildman–Crippen LogP) is 1.60. The summed E-state index contributed by atoms with van der Waals surface area (Å²) < 4.78 is 0. The van der Waals surface area contributed by atoms with Gasteiger partial charge in [0.25, 0.3) is 0 Å². The third-order valence-electron chi connectivity index (χ3n) is 1.96. The molecule has 0 aromatic carbocycles. The largest absolute Gasteiger partial charge is 0.304 e. The number of hydrogen-bond acceptors (Lipinski definition) is 2. The minimum atomic E-state index is 0.479. The fraction of sp³-hybridized carbons (Fsp3) is 0.667. The van der Waals surface area contributed by atoms with Crippen LogP contribution in [0.1, 0.15) is 25.7 Å². The Morgan fingerprint density at radius 3 is 3.18 bits per heavy atom. The molecule has 0 aromatic heterocycles. The van der Waals surface area contributed by atoms with Gasteiger partial charge in [-0.1, -0.05) is 11.6 Å². The van der Waals surface area contributed by atoms with Crippen molar-refractivity contribution in [3.8, 4) is 6.07 Å². The van der Waals surface area contributed by atoms with Crippen LogP contribution in [0.2, 0.25) is 0 Å². The fourth-order valence-corrected chi connectivity index (χ4v) is 1.36. The zero-order valence-corrected chi connectivity index (χ0v) is 6.77. The molecule has 0 unspecified atom stereocenters. The second-order valence-corrected chi connectivity index (χ2v) is 2.84. The van der Waals surface area contributed by atoms with Gasteiger partial charge in [-0.25, -0.2) is 0 Å². The first-order chi connectivity index (χ1) is 5.43. The minimum absolute atomic E-state index is 0.479. The molecule has 2 nitrogen and oxygen atoms in total. The van der Waals surface area contributed by atoms with E-state index >= 15 is 0 Å². The quantitative estimate of drug-likeness (QED) is 0.375. The first-order valence-electron chi connectivity index (χ1n) is 4.19. The summed E-state index contributed by atoms with van der Waals surface area (Å²) in [6.07, 6.45) is 7.31. The maximum atomic E-state index is 8.23. The third kappa shape index (κ3) is 3.20. The normalized spacial score (nSPS) is 16.1. The molecule has 0 aliphatic heterocycles. The van der Waals surface area contributed by atoms with E-state index in [9.17, 15) is 0 Å². The highest BCUT2D eigenvalue weighted by atomic mass is 14.8. The van der Waals surface area contributed by atoms with Crippen LogP contribution in [0.3, 0.4) is 0 Å². The van der Waals surface area contributed by atoms with Gasteiger partial charge in [0.15, 0.2) is 0 Å². The van der Waals surface area contributed by atoms with Crippen molar-refractivity contribution in [3.05, 3.63) is 11.6 Å². The molecule has 0 radical (unpaired) electrons. The second kappa shape index (κ2) is 4.92. The summed E-state index contributed by atoms with van der Waals surface area (Å²) >= 11 is 0. The molecule has 1 aliphatic carbocycles. The monoisotopic (exact) mass is 150 g/mol. The average Bonchev–Trinajstić information content (AvgIpc) is 2.50. The highest BCUT2D eigenvalue weighted by molar-refractivity contribution is 5.07. The molecular formula is C9H14N2. The Kier molecular flexibility index (Phi) is 3.71. The number of hydrogen-bond donors (Lipinski definition) is 1. The number of nitriles is 1. The van der Waals surface area contributed by atoms with Gasteiger partial charge in [0.2, 0.25) is 0 Å². The lowest BCUT2D eigenvalue weighted by Gasteiger charge is -2.00. The molecule has 1 N–H and O–H groups in total. The highest BCUT2D eigenvalue weighted by Gasteiger charge is 2.02. The second-order valence-electron chi connectivity index (χ2n) is 2.84. The average molecular weight is 150 g/mol. The molecule has 0 atom stereocenters. The lowest BCUT2D eigenvalue weighted by atomic mass is 10.2. The van der Waals surface area contributed by atoms with Crippen molar-refractivity contribution in [3.63, 3.8) is 0 Å². The van der Waals surface area contributed by atoms with Crippen LogP contribution in [0, 0.1) is 11.3 Å². The van der Waals surface area contributed by atoms with Crippen molar-refractivity contribution in [2.24, 2.45) is 0 Å². The summed E-state index contributed by atoms with van der Waals surface area (Å²) in [6, 6.07) is 2.06. The SMILES string of the molecule is N#CCNCCC1=CCCC1. The zero-order chi connectivity index (χ0) is 7.94. The van der Waals surface area contributed by atoms with Gasteiger partial charge >= 0.3 is 0 Å². The summed E-state index contributed by atoms with van der Waals surface area (Å²) in [7, 11) is 0. The van der Waals surface area contributed by atoms with Gasteiger partial charge in [-0.05, 0) is 32.2 Å². The molecule has 2 heteroatoms. The highest BCUT2D eigenvalue weighted by Crippen LogP contribution is 2.19. The summed E-state index contributed by atoms with van der Waals surface area (Å²) in [4.78, 5) is 0. The summed E-state index contributed by atoms with van der Waals surface area (Å²) in [5, 5.41) is 11.3. The lowest BCUT2D eigenvalue weighted by molar-refractivity contribution is 0.729. The van der Waals surface area contributed by atoms with Crippen LogP contribution in [0.4, 0.5) is 0 Å². The van der Waals surface area contributed by atoms with Crippen LogP contribution < -0.4 is 5.32 Å². The topological polar surface area (TPSA) is 35.8 Å². The Balaban J connectivity index is 1.99. The fourth-order valence-electron chi connectivity index (χ4n) is 1.36. The van der Waals surface area contributed by atoms with Crippen LogP contribution in [-0.4, -0.2) is 13.1 Å². The van der Waals surface area contributed by atoms with Gasteiger partial charge in [0.05, 0.1) is 12.6 Å². The number of rotatable bonds is 4. The molecule has 0 amide bonds. The molecular weight excluding hydrogens is 136 g/mol. The summed E-state index contributed by atoms with van der Waals surface area (Å²) in [6.45, 7) is 1.44. The molecule has 0 fully saturated rings. The Morgan fingerprint density at radius 1 is 1.64 bits per heavy atom. The molecule has 60 valence electrons. The van der Waals surface area contributed by atoms with E-state index in [1.165, 1.54) is 19.3 Å². The Hall–Kier alpha value is -0.810. The van der Waals surface area contributed by atoms with Crippen molar-refractivity contribution in [2.45, 2.75) is 25.7 Å². The maximum Gasteiger partial charge on any atom is 0.0841 e. The molecule has 0 saturated heterocycles. The van der Waals surface area contributed by atoms with E-state index in [0.29, 0.717) is 6.54 Å². The van der Waals surface area contributed by atoms with E-state index in [-0.39, 0.29) is 0 Å². The van der Waals surface area contributed by atoms with Crippen LogP contribution >= 0.6 is 0 Å². The van der Waals surface area contributed by atoms with Crippen molar-refractivity contribution < 1.29 is 0 Å². The molecule has 0 heterocycles. The Labute approximate surface area is 67.9 Å². The maximum absolute atomic E-state index is 8.23. The number of nitrogens with zero attached hydrogens (tertiary/aromatic N) is 1. The van der Waals surface area contributed by atoms with E-state index in [1.807, 2.05) is 0 Å². The molecule has 11 heavy (non-hydrogen) atoms. The van der Waals surface area contributed by atoms with Gasteiger partial charge in [-0.3, -0.25) is 0 Å². The van der Waals surface area contributed by atoms with E-state index in [4.69, 9.17) is 5.26 Å². The van der Waals surface area contributed by atoms with Gasteiger partial charge in [0.1, 0.15) is 0 Å². The van der Waals surface area contributed by atoms with Gasteiger partial charge in [-0.15, -0.1) is 0 Å². The van der Waals surface area contributed by atoms with Crippen LogP contribution in [0.15, 0.2) is 11.6 Å².